The van der Waals surface area contributed by atoms with Gasteiger partial charge in [0.2, 0.25) is 0 Å². The van der Waals surface area contributed by atoms with Gasteiger partial charge in [-0.1, -0.05) is 18.2 Å². The number of rotatable bonds is 4. The quantitative estimate of drug-likeness (QED) is 0.472. The van der Waals surface area contributed by atoms with Gasteiger partial charge in [-0.25, -0.2) is 4.98 Å². The highest BCUT2D eigenvalue weighted by molar-refractivity contribution is 6.06. The van der Waals surface area contributed by atoms with Crippen molar-refractivity contribution in [2.24, 2.45) is 7.05 Å². The zero-order chi connectivity index (χ0) is 20.7. The Labute approximate surface area is 173 Å². The molecule has 5 aromatic rings. The van der Waals surface area contributed by atoms with E-state index in [2.05, 4.69) is 50.6 Å². The van der Waals surface area contributed by atoms with Crippen molar-refractivity contribution >= 4 is 33.5 Å². The molecule has 0 aliphatic heterocycles. The van der Waals surface area contributed by atoms with E-state index in [0.29, 0.717) is 11.3 Å². The number of nitrogens with one attached hydrogen (secondary N) is 1. The lowest BCUT2D eigenvalue weighted by Crippen LogP contribution is -2.11. The van der Waals surface area contributed by atoms with E-state index in [1.165, 1.54) is 10.9 Å². The first-order chi connectivity index (χ1) is 14.7. The molecule has 0 atom stereocenters. The van der Waals surface area contributed by atoms with E-state index in [1.54, 1.807) is 18.5 Å². The molecule has 0 saturated carbocycles. The maximum atomic E-state index is 12.7. The summed E-state index contributed by atoms with van der Waals surface area (Å²) in [6, 6.07) is 19.7. The van der Waals surface area contributed by atoms with Gasteiger partial charge in [0.15, 0.2) is 5.82 Å². The van der Waals surface area contributed by atoms with Crippen LogP contribution in [0.15, 0.2) is 73.1 Å². The SMILES string of the molecule is CCn1c(-c2nc3cc(C(=O)Nc4cccnc4)ccc3n2C)cc2ccccc21. The van der Waals surface area contributed by atoms with E-state index in [0.717, 1.165) is 29.1 Å². The van der Waals surface area contributed by atoms with Crippen molar-refractivity contribution in [1.82, 2.24) is 19.1 Å². The average Bonchev–Trinajstić information content (AvgIpc) is 3.31. The molecule has 3 heterocycles. The lowest BCUT2D eigenvalue weighted by Gasteiger charge is -2.08. The predicted octanol–water partition coefficient (Wildman–Crippen LogP) is 4.86. The van der Waals surface area contributed by atoms with Crippen molar-refractivity contribution in [3.05, 3.63) is 78.6 Å². The standard InChI is InChI=1S/C24H21N5O/c1-3-29-20-9-5-4-7-16(20)14-22(29)23-27-19-13-17(10-11-21(19)28(23)2)24(30)26-18-8-6-12-25-15-18/h4-15H,3H2,1-2H3,(H,26,30). The number of para-hydroxylation sites is 1. The number of pyridine rings is 1. The Balaban J connectivity index is 1.57. The minimum Gasteiger partial charge on any atom is -0.338 e. The Kier molecular flexibility index (Phi) is 4.32. The molecule has 0 radical (unpaired) electrons. The molecule has 3 aromatic heterocycles. The highest BCUT2D eigenvalue weighted by atomic mass is 16.1. The Morgan fingerprint density at radius 3 is 2.70 bits per heavy atom. The summed E-state index contributed by atoms with van der Waals surface area (Å²) in [4.78, 5) is 21.6. The molecule has 0 saturated heterocycles. The van der Waals surface area contributed by atoms with E-state index in [4.69, 9.17) is 4.98 Å². The largest absolute Gasteiger partial charge is 0.338 e. The molecule has 1 N–H and O–H groups in total. The van der Waals surface area contributed by atoms with Gasteiger partial charge < -0.3 is 14.5 Å². The van der Waals surface area contributed by atoms with Crippen LogP contribution in [-0.4, -0.2) is 25.0 Å². The van der Waals surface area contributed by atoms with Gasteiger partial charge in [-0.2, -0.15) is 0 Å². The third-order valence-electron chi connectivity index (χ3n) is 5.42. The maximum absolute atomic E-state index is 12.7. The van der Waals surface area contributed by atoms with Gasteiger partial charge >= 0.3 is 0 Å². The number of nitrogens with zero attached hydrogens (tertiary/aromatic N) is 4. The summed E-state index contributed by atoms with van der Waals surface area (Å²) in [7, 11) is 2.01. The Morgan fingerprint density at radius 1 is 1.03 bits per heavy atom. The fourth-order valence-electron chi connectivity index (χ4n) is 3.95. The number of amides is 1. The first-order valence-corrected chi connectivity index (χ1v) is 9.92. The van der Waals surface area contributed by atoms with Gasteiger partial charge in [0.05, 0.1) is 28.6 Å². The molecule has 0 aliphatic carbocycles. The first kappa shape index (κ1) is 18.1. The van der Waals surface area contributed by atoms with Crippen molar-refractivity contribution in [2.75, 3.05) is 5.32 Å². The van der Waals surface area contributed by atoms with Crippen LogP contribution in [0.25, 0.3) is 33.5 Å². The molecular weight excluding hydrogens is 374 g/mol. The van der Waals surface area contributed by atoms with Gasteiger partial charge in [0, 0.05) is 36.3 Å². The van der Waals surface area contributed by atoms with E-state index < -0.39 is 0 Å². The van der Waals surface area contributed by atoms with Crippen molar-refractivity contribution in [3.8, 4) is 11.5 Å². The van der Waals surface area contributed by atoms with E-state index in [-0.39, 0.29) is 5.91 Å². The van der Waals surface area contributed by atoms with Crippen LogP contribution < -0.4 is 5.32 Å². The second-order valence-electron chi connectivity index (χ2n) is 7.23. The van der Waals surface area contributed by atoms with Gasteiger partial charge in [0.25, 0.3) is 5.91 Å². The molecule has 1 amide bonds. The van der Waals surface area contributed by atoms with Crippen LogP contribution in [-0.2, 0) is 13.6 Å². The van der Waals surface area contributed by atoms with E-state index in [1.807, 2.05) is 37.4 Å². The second-order valence-corrected chi connectivity index (χ2v) is 7.23. The third-order valence-corrected chi connectivity index (χ3v) is 5.42. The molecule has 0 fully saturated rings. The molecular formula is C24H21N5O. The topological polar surface area (TPSA) is 64.7 Å². The summed E-state index contributed by atoms with van der Waals surface area (Å²) in [5.41, 5.74) is 5.26. The van der Waals surface area contributed by atoms with Crippen LogP contribution in [0, 0.1) is 0 Å². The van der Waals surface area contributed by atoms with Gasteiger partial charge in [-0.05, 0) is 49.4 Å². The number of imidazole rings is 1. The lowest BCUT2D eigenvalue weighted by molar-refractivity contribution is 0.102. The molecule has 6 nitrogen and oxygen atoms in total. The Hall–Kier alpha value is -3.93. The van der Waals surface area contributed by atoms with Crippen molar-refractivity contribution in [3.63, 3.8) is 0 Å². The van der Waals surface area contributed by atoms with Crippen molar-refractivity contribution in [2.45, 2.75) is 13.5 Å². The number of anilines is 1. The first-order valence-electron chi connectivity index (χ1n) is 9.92. The zero-order valence-electron chi connectivity index (χ0n) is 16.8. The molecule has 30 heavy (non-hydrogen) atoms. The summed E-state index contributed by atoms with van der Waals surface area (Å²) in [5, 5.41) is 4.06. The van der Waals surface area contributed by atoms with Gasteiger partial charge in [0.1, 0.15) is 0 Å². The highest BCUT2D eigenvalue weighted by Gasteiger charge is 2.17. The van der Waals surface area contributed by atoms with E-state index >= 15 is 0 Å². The smallest absolute Gasteiger partial charge is 0.255 e. The molecule has 5 rings (SSSR count). The summed E-state index contributed by atoms with van der Waals surface area (Å²) >= 11 is 0. The normalized spacial score (nSPS) is 11.3. The highest BCUT2D eigenvalue weighted by Crippen LogP contribution is 2.30. The van der Waals surface area contributed by atoms with Crippen LogP contribution >= 0.6 is 0 Å². The summed E-state index contributed by atoms with van der Waals surface area (Å²) in [5.74, 6) is 0.702. The monoisotopic (exact) mass is 395 g/mol. The third kappa shape index (κ3) is 2.93. The molecule has 0 unspecified atom stereocenters. The summed E-state index contributed by atoms with van der Waals surface area (Å²) in [6.45, 7) is 2.99. The van der Waals surface area contributed by atoms with Crippen LogP contribution in [0.2, 0.25) is 0 Å². The molecule has 148 valence electrons. The number of benzene rings is 2. The minimum absolute atomic E-state index is 0.181. The molecule has 6 heteroatoms. The Bertz CT molecular complexity index is 1380. The van der Waals surface area contributed by atoms with Gasteiger partial charge in [-0.15, -0.1) is 0 Å². The summed E-state index contributed by atoms with van der Waals surface area (Å²) < 4.78 is 4.35. The fourth-order valence-corrected chi connectivity index (χ4v) is 3.95. The number of carbonyl (C=O) groups is 1. The molecule has 0 bridgehead atoms. The van der Waals surface area contributed by atoms with Crippen molar-refractivity contribution < 1.29 is 4.79 Å². The minimum atomic E-state index is -0.181. The van der Waals surface area contributed by atoms with E-state index in [9.17, 15) is 4.79 Å². The lowest BCUT2D eigenvalue weighted by atomic mass is 10.2. The van der Waals surface area contributed by atoms with Crippen molar-refractivity contribution in [1.29, 1.82) is 0 Å². The maximum Gasteiger partial charge on any atom is 0.255 e. The van der Waals surface area contributed by atoms with Crippen LogP contribution in [0.1, 0.15) is 17.3 Å². The molecule has 0 spiro atoms. The number of aromatic nitrogens is 4. The predicted molar refractivity (Wildman–Crippen MR) is 120 cm³/mol. The Morgan fingerprint density at radius 2 is 1.90 bits per heavy atom. The zero-order valence-corrected chi connectivity index (χ0v) is 16.8. The number of aryl methyl sites for hydroxylation is 2. The fraction of sp³-hybridized carbons (Fsp3) is 0.125. The number of hydrogen-bond donors (Lipinski definition) is 1. The van der Waals surface area contributed by atoms with Crippen LogP contribution in [0.4, 0.5) is 5.69 Å². The molecule has 0 aliphatic rings. The number of hydrogen-bond acceptors (Lipinski definition) is 3. The van der Waals surface area contributed by atoms with Crippen LogP contribution in [0.5, 0.6) is 0 Å². The molecule has 2 aromatic carbocycles. The summed E-state index contributed by atoms with van der Waals surface area (Å²) in [6.07, 6.45) is 3.30. The average molecular weight is 395 g/mol. The second kappa shape index (κ2) is 7.15. The van der Waals surface area contributed by atoms with Gasteiger partial charge in [-0.3, -0.25) is 9.78 Å². The van der Waals surface area contributed by atoms with Crippen LogP contribution in [0.3, 0.4) is 0 Å². The number of fused-ring (bicyclic) bond motifs is 2. The number of carbonyl (C=O) groups excluding carboxylic acids is 1.